The number of morpholine rings is 1. The molecule has 0 bridgehead atoms. The zero-order chi connectivity index (χ0) is 23.4. The minimum Gasteiger partial charge on any atom is -0.378 e. The quantitative estimate of drug-likeness (QED) is 0.443. The highest BCUT2D eigenvalue weighted by molar-refractivity contribution is 7.91. The van der Waals surface area contributed by atoms with Crippen molar-refractivity contribution in [1.82, 2.24) is 24.0 Å². The van der Waals surface area contributed by atoms with Crippen molar-refractivity contribution in [1.29, 1.82) is 0 Å². The van der Waals surface area contributed by atoms with Crippen LogP contribution in [0.2, 0.25) is 0 Å². The summed E-state index contributed by atoms with van der Waals surface area (Å²) in [7, 11) is -3.80. The van der Waals surface area contributed by atoms with Gasteiger partial charge < -0.3 is 14.0 Å². The molecule has 13 heteroatoms. The first-order valence-corrected chi connectivity index (χ1v) is 11.8. The fourth-order valence-electron chi connectivity index (χ4n) is 3.80. The van der Waals surface area contributed by atoms with Crippen LogP contribution >= 0.6 is 0 Å². The number of ether oxygens (including phenoxy) is 1. The lowest BCUT2D eigenvalue weighted by Gasteiger charge is -2.28. The molecule has 4 aromatic rings. The molecule has 1 aliphatic heterocycles. The number of aromatic nitrogens is 5. The van der Waals surface area contributed by atoms with Gasteiger partial charge in [0.2, 0.25) is 0 Å². The van der Waals surface area contributed by atoms with Gasteiger partial charge in [0.15, 0.2) is 20.5 Å². The maximum absolute atomic E-state index is 13.1. The van der Waals surface area contributed by atoms with Gasteiger partial charge in [-0.25, -0.2) is 18.4 Å². The molecule has 0 N–H and O–H groups in total. The average Bonchev–Trinajstić information content (AvgIpc) is 3.40. The van der Waals surface area contributed by atoms with Crippen LogP contribution in [0.1, 0.15) is 12.5 Å². The van der Waals surface area contributed by atoms with Crippen molar-refractivity contribution in [3.63, 3.8) is 0 Å². The van der Waals surface area contributed by atoms with Gasteiger partial charge >= 0.3 is 6.18 Å². The van der Waals surface area contributed by atoms with Gasteiger partial charge in [-0.15, -0.1) is 0 Å². The highest BCUT2D eigenvalue weighted by Gasteiger charge is 2.32. The van der Waals surface area contributed by atoms with Crippen molar-refractivity contribution < 1.29 is 26.3 Å². The first-order chi connectivity index (χ1) is 15.7. The van der Waals surface area contributed by atoms with Crippen LogP contribution in [0.15, 0.2) is 41.8 Å². The topological polar surface area (TPSA) is 94.1 Å². The Morgan fingerprint density at radius 3 is 2.64 bits per heavy atom. The number of hydrogen-bond donors (Lipinski definition) is 0. The maximum Gasteiger partial charge on any atom is 0.416 e. The van der Waals surface area contributed by atoms with Gasteiger partial charge in [0.05, 0.1) is 35.8 Å². The maximum atomic E-state index is 13.1. The van der Waals surface area contributed by atoms with Crippen LogP contribution in [0.4, 0.5) is 19.0 Å². The number of alkyl halides is 3. The van der Waals surface area contributed by atoms with Gasteiger partial charge in [-0.1, -0.05) is 6.92 Å². The number of halogens is 3. The van der Waals surface area contributed by atoms with Crippen LogP contribution in [0.3, 0.4) is 0 Å². The van der Waals surface area contributed by atoms with Crippen LogP contribution in [-0.2, 0) is 20.8 Å². The summed E-state index contributed by atoms with van der Waals surface area (Å²) in [5.74, 6) is 0.438. The molecule has 1 fully saturated rings. The molecule has 5 rings (SSSR count). The molecule has 1 aliphatic rings. The Hall–Kier alpha value is -3.19. The second-order valence-corrected chi connectivity index (χ2v) is 9.72. The first kappa shape index (κ1) is 21.6. The lowest BCUT2D eigenvalue weighted by molar-refractivity contribution is -0.137. The van der Waals surface area contributed by atoms with E-state index in [9.17, 15) is 21.6 Å². The van der Waals surface area contributed by atoms with Gasteiger partial charge in [-0.3, -0.25) is 0 Å². The summed E-state index contributed by atoms with van der Waals surface area (Å²) >= 11 is 0. The van der Waals surface area contributed by atoms with E-state index in [-0.39, 0.29) is 33.3 Å². The zero-order valence-corrected chi connectivity index (χ0v) is 18.3. The lowest BCUT2D eigenvalue weighted by atomic mass is 10.2. The standard InChI is InChI=1S/C20H19F3N6O3S/c1-2-33(30,31)19-17(14-12-28-6-4-13(20(21,22)23)11-15(28)25-14)18-24-5-3-16(29(18)26-19)27-7-9-32-10-8-27/h3-6,11-12H,2,7-10H2,1H3. The number of fused-ring (bicyclic) bond motifs is 2. The van der Waals surface area contributed by atoms with Crippen molar-refractivity contribution in [2.24, 2.45) is 0 Å². The number of nitrogens with zero attached hydrogens (tertiary/aromatic N) is 6. The molecule has 4 aromatic heterocycles. The van der Waals surface area contributed by atoms with E-state index in [4.69, 9.17) is 4.74 Å². The summed E-state index contributed by atoms with van der Waals surface area (Å²) in [6, 6.07) is 3.58. The van der Waals surface area contributed by atoms with Crippen molar-refractivity contribution >= 4 is 26.9 Å². The number of sulfone groups is 1. The molecule has 0 unspecified atom stereocenters. The molecule has 0 saturated carbocycles. The van der Waals surface area contributed by atoms with E-state index >= 15 is 0 Å². The second kappa shape index (κ2) is 7.70. The summed E-state index contributed by atoms with van der Waals surface area (Å²) in [6.45, 7) is 3.73. The van der Waals surface area contributed by atoms with Crippen molar-refractivity contribution in [3.05, 3.63) is 42.4 Å². The molecule has 1 saturated heterocycles. The third-order valence-electron chi connectivity index (χ3n) is 5.52. The SMILES string of the molecule is CCS(=O)(=O)c1nn2c(N3CCOCC3)ccnc2c1-c1cn2ccc(C(F)(F)F)cc2n1. The van der Waals surface area contributed by atoms with E-state index in [1.165, 1.54) is 28.2 Å². The highest BCUT2D eigenvalue weighted by atomic mass is 32.2. The average molecular weight is 480 g/mol. The summed E-state index contributed by atoms with van der Waals surface area (Å²) in [5.41, 5.74) is -0.234. The summed E-state index contributed by atoms with van der Waals surface area (Å²) in [5, 5.41) is 4.18. The summed E-state index contributed by atoms with van der Waals surface area (Å²) in [6.07, 6.45) is -0.264. The Kier molecular flexibility index (Phi) is 5.05. The Bertz CT molecular complexity index is 1460. The monoisotopic (exact) mass is 480 g/mol. The van der Waals surface area contributed by atoms with E-state index in [0.717, 1.165) is 12.1 Å². The van der Waals surface area contributed by atoms with Gasteiger partial charge in [0, 0.05) is 31.7 Å². The van der Waals surface area contributed by atoms with Crippen molar-refractivity contribution in [3.8, 4) is 11.3 Å². The van der Waals surface area contributed by atoms with Crippen LogP contribution < -0.4 is 4.90 Å². The number of anilines is 1. The number of imidazole rings is 1. The van der Waals surface area contributed by atoms with Crippen LogP contribution in [0.25, 0.3) is 22.6 Å². The molecule has 0 amide bonds. The predicted molar refractivity (Wildman–Crippen MR) is 113 cm³/mol. The molecular formula is C20H19F3N6O3S. The van der Waals surface area contributed by atoms with Crippen LogP contribution in [-0.4, -0.2) is 64.5 Å². The smallest absolute Gasteiger partial charge is 0.378 e. The van der Waals surface area contributed by atoms with Crippen molar-refractivity contribution in [2.45, 2.75) is 18.1 Å². The van der Waals surface area contributed by atoms with E-state index in [2.05, 4.69) is 15.1 Å². The first-order valence-electron chi connectivity index (χ1n) is 10.2. The highest BCUT2D eigenvalue weighted by Crippen LogP contribution is 2.34. The van der Waals surface area contributed by atoms with Crippen molar-refractivity contribution in [2.75, 3.05) is 37.0 Å². The molecular weight excluding hydrogens is 461 g/mol. The normalized spacial score (nSPS) is 15.6. The number of rotatable bonds is 4. The van der Waals surface area contributed by atoms with E-state index in [1.54, 1.807) is 12.3 Å². The molecule has 5 heterocycles. The zero-order valence-electron chi connectivity index (χ0n) is 17.4. The molecule has 33 heavy (non-hydrogen) atoms. The molecule has 0 radical (unpaired) electrons. The lowest BCUT2D eigenvalue weighted by Crippen LogP contribution is -2.37. The molecule has 9 nitrogen and oxygen atoms in total. The molecule has 0 aromatic carbocycles. The molecule has 0 aliphatic carbocycles. The fourth-order valence-corrected chi connectivity index (χ4v) is 4.79. The van der Waals surface area contributed by atoms with E-state index in [1.807, 2.05) is 4.90 Å². The third kappa shape index (κ3) is 3.70. The van der Waals surface area contributed by atoms with Gasteiger partial charge in [0.25, 0.3) is 0 Å². The summed E-state index contributed by atoms with van der Waals surface area (Å²) in [4.78, 5) is 10.7. The second-order valence-electron chi connectivity index (χ2n) is 7.53. The van der Waals surface area contributed by atoms with Gasteiger partial charge in [-0.05, 0) is 18.2 Å². The Morgan fingerprint density at radius 2 is 1.94 bits per heavy atom. The van der Waals surface area contributed by atoms with E-state index in [0.29, 0.717) is 32.1 Å². The van der Waals surface area contributed by atoms with Crippen LogP contribution in [0, 0.1) is 0 Å². The Morgan fingerprint density at radius 1 is 1.18 bits per heavy atom. The largest absolute Gasteiger partial charge is 0.416 e. The van der Waals surface area contributed by atoms with Gasteiger partial charge in [0.1, 0.15) is 11.5 Å². The van der Waals surface area contributed by atoms with Gasteiger partial charge in [-0.2, -0.15) is 22.8 Å². The molecule has 174 valence electrons. The number of hydrogen-bond acceptors (Lipinski definition) is 7. The fraction of sp³-hybridized carbons (Fsp3) is 0.350. The Labute approximate surface area is 186 Å². The predicted octanol–water partition coefficient (Wildman–Crippen LogP) is 2.69. The molecule has 0 atom stereocenters. The minimum atomic E-state index is -4.52. The Balaban J connectivity index is 1.75. The van der Waals surface area contributed by atoms with E-state index < -0.39 is 21.6 Å². The molecule has 0 spiro atoms. The minimum absolute atomic E-state index is 0.0309. The summed E-state index contributed by atoms with van der Waals surface area (Å²) < 4.78 is 73.5. The third-order valence-corrected chi connectivity index (χ3v) is 7.15. The van der Waals surface area contributed by atoms with Crippen LogP contribution in [0.5, 0.6) is 0 Å². The number of pyridine rings is 1.